The van der Waals surface area contributed by atoms with E-state index in [-0.39, 0.29) is 24.7 Å². The molecule has 0 saturated heterocycles. The normalized spacial score (nSPS) is 12.8. The molecule has 4 rings (SSSR count). The summed E-state index contributed by atoms with van der Waals surface area (Å²) in [6.45, 7) is -0.176. The molecular weight excluding hydrogens is 432 g/mol. The third-order valence-electron chi connectivity index (χ3n) is 5.07. The highest BCUT2D eigenvalue weighted by molar-refractivity contribution is 7.17. The lowest BCUT2D eigenvalue weighted by Crippen LogP contribution is -2.21. The molecule has 0 bridgehead atoms. The van der Waals surface area contributed by atoms with Crippen LogP contribution in [0.1, 0.15) is 44.1 Å². The van der Waals surface area contributed by atoms with Gasteiger partial charge in [-0.1, -0.05) is 18.2 Å². The minimum absolute atomic E-state index is 0.0318. The quantitative estimate of drug-likeness (QED) is 0.503. The van der Waals surface area contributed by atoms with Crippen LogP contribution in [0.3, 0.4) is 0 Å². The number of hydrogen-bond donors (Lipinski definition) is 2. The van der Waals surface area contributed by atoms with Gasteiger partial charge in [0.15, 0.2) is 6.61 Å². The van der Waals surface area contributed by atoms with Crippen molar-refractivity contribution >= 4 is 45.3 Å². The summed E-state index contributed by atoms with van der Waals surface area (Å²) in [6.07, 6.45) is 4.11. The number of primary amides is 1. The van der Waals surface area contributed by atoms with Crippen LogP contribution in [0.5, 0.6) is 5.75 Å². The lowest BCUT2D eigenvalue weighted by Gasteiger charge is -2.12. The average Bonchev–Trinajstić information content (AvgIpc) is 3.40. The molecule has 2 aromatic heterocycles. The number of carbonyl (C=O) groups is 3. The number of rotatable bonds is 8. The van der Waals surface area contributed by atoms with Crippen molar-refractivity contribution in [2.45, 2.75) is 32.1 Å². The summed E-state index contributed by atoms with van der Waals surface area (Å²) >= 11 is 2.91. The summed E-state index contributed by atoms with van der Waals surface area (Å²) in [5, 5.41) is 5.38. The number of benzene rings is 1. The summed E-state index contributed by atoms with van der Waals surface area (Å²) in [6, 6.07) is 10.5. The largest absolute Gasteiger partial charge is 0.484 e. The highest BCUT2D eigenvalue weighted by atomic mass is 32.1. The van der Waals surface area contributed by atoms with Gasteiger partial charge in [0.25, 0.3) is 5.91 Å². The Balaban J connectivity index is 1.46. The predicted octanol–water partition coefficient (Wildman–Crippen LogP) is 3.96. The number of aryl methyl sites for hydroxylation is 1. The number of amides is 2. The number of ether oxygens (including phenoxy) is 1. The Labute approximate surface area is 188 Å². The molecule has 6 nitrogen and oxygen atoms in total. The van der Waals surface area contributed by atoms with E-state index in [9.17, 15) is 14.4 Å². The molecular formula is C23H22N2O4S2. The summed E-state index contributed by atoms with van der Waals surface area (Å²) in [5.41, 5.74) is 7.68. The zero-order valence-electron chi connectivity index (χ0n) is 16.8. The molecule has 8 heteroatoms. The Morgan fingerprint density at radius 2 is 1.84 bits per heavy atom. The minimum atomic E-state index is -0.403. The van der Waals surface area contributed by atoms with Crippen molar-refractivity contribution in [1.29, 1.82) is 0 Å². The first-order valence-electron chi connectivity index (χ1n) is 10.0. The highest BCUT2D eigenvalue weighted by Gasteiger charge is 2.27. The summed E-state index contributed by atoms with van der Waals surface area (Å²) in [5.74, 6) is -0.237. The summed E-state index contributed by atoms with van der Waals surface area (Å²) in [4.78, 5) is 38.5. The van der Waals surface area contributed by atoms with Crippen molar-refractivity contribution < 1.29 is 19.1 Å². The van der Waals surface area contributed by atoms with Gasteiger partial charge >= 0.3 is 0 Å². The molecule has 0 radical (unpaired) electrons. The van der Waals surface area contributed by atoms with E-state index in [4.69, 9.17) is 10.5 Å². The average molecular weight is 455 g/mol. The molecule has 0 saturated carbocycles. The predicted molar refractivity (Wildman–Crippen MR) is 122 cm³/mol. The lowest BCUT2D eigenvalue weighted by molar-refractivity contribution is -0.118. The van der Waals surface area contributed by atoms with Gasteiger partial charge in [0.1, 0.15) is 10.8 Å². The van der Waals surface area contributed by atoms with Gasteiger partial charge in [-0.2, -0.15) is 0 Å². The molecule has 31 heavy (non-hydrogen) atoms. The van der Waals surface area contributed by atoms with Crippen LogP contribution in [-0.4, -0.2) is 24.2 Å². The van der Waals surface area contributed by atoms with E-state index in [2.05, 4.69) is 5.32 Å². The van der Waals surface area contributed by atoms with Gasteiger partial charge in [0.05, 0.1) is 16.9 Å². The van der Waals surface area contributed by atoms with Gasteiger partial charge in [0.2, 0.25) is 11.7 Å². The van der Waals surface area contributed by atoms with Crippen molar-refractivity contribution in [2.75, 3.05) is 11.9 Å². The maximum Gasteiger partial charge on any atom is 0.262 e. The standard InChI is InChI=1S/C23H22N2O4S2/c24-19(26)12-14-7-9-15(10-8-14)29-13-20(27)25-23-21(22(28)18-6-3-11-30-18)16-4-1-2-5-17(16)31-23/h3,6-11H,1-2,4-5,12-13H2,(H2,24,26)(H,25,27). The van der Waals surface area contributed by atoms with Crippen molar-refractivity contribution in [1.82, 2.24) is 0 Å². The molecule has 3 N–H and O–H groups in total. The van der Waals surface area contributed by atoms with Gasteiger partial charge < -0.3 is 15.8 Å². The Morgan fingerprint density at radius 1 is 1.06 bits per heavy atom. The number of nitrogens with two attached hydrogens (primary N) is 1. The minimum Gasteiger partial charge on any atom is -0.484 e. The number of thiophene rings is 2. The number of carbonyl (C=O) groups excluding carboxylic acids is 3. The molecule has 2 amide bonds. The molecule has 2 heterocycles. The van der Waals surface area contributed by atoms with Gasteiger partial charge in [-0.15, -0.1) is 22.7 Å². The van der Waals surface area contributed by atoms with E-state index in [1.807, 2.05) is 17.5 Å². The topological polar surface area (TPSA) is 98.5 Å². The zero-order valence-corrected chi connectivity index (χ0v) is 18.4. The maximum atomic E-state index is 13.1. The van der Waals surface area contributed by atoms with E-state index in [1.54, 1.807) is 24.3 Å². The Morgan fingerprint density at radius 3 is 2.55 bits per heavy atom. The molecule has 1 aliphatic carbocycles. The Hall–Kier alpha value is -2.97. The fourth-order valence-electron chi connectivity index (χ4n) is 3.64. The number of ketones is 1. The Bertz CT molecular complexity index is 1100. The first kappa shape index (κ1) is 21.3. The molecule has 0 unspecified atom stereocenters. The first-order valence-corrected chi connectivity index (χ1v) is 11.7. The fraction of sp³-hybridized carbons (Fsp3) is 0.261. The van der Waals surface area contributed by atoms with Crippen molar-refractivity contribution in [3.05, 3.63) is 68.2 Å². The van der Waals surface area contributed by atoms with E-state index >= 15 is 0 Å². The van der Waals surface area contributed by atoms with Crippen LogP contribution < -0.4 is 15.8 Å². The molecule has 160 valence electrons. The number of fused-ring (bicyclic) bond motifs is 1. The molecule has 0 atom stereocenters. The van der Waals surface area contributed by atoms with Crippen LogP contribution in [0.15, 0.2) is 41.8 Å². The lowest BCUT2D eigenvalue weighted by atomic mass is 9.93. The van der Waals surface area contributed by atoms with Crippen molar-refractivity contribution in [3.63, 3.8) is 0 Å². The monoisotopic (exact) mass is 454 g/mol. The molecule has 1 aromatic carbocycles. The third kappa shape index (κ3) is 5.03. The van der Waals surface area contributed by atoms with Crippen molar-refractivity contribution in [2.24, 2.45) is 5.73 Å². The second-order valence-corrected chi connectivity index (χ2v) is 9.40. The number of hydrogen-bond acceptors (Lipinski definition) is 6. The van der Waals surface area contributed by atoms with Crippen LogP contribution in [0.2, 0.25) is 0 Å². The summed E-state index contributed by atoms with van der Waals surface area (Å²) in [7, 11) is 0. The molecule has 0 spiro atoms. The van der Waals surface area contributed by atoms with Crippen molar-refractivity contribution in [3.8, 4) is 5.75 Å². The molecule has 0 aliphatic heterocycles. The summed E-state index contributed by atoms with van der Waals surface area (Å²) < 4.78 is 5.57. The zero-order chi connectivity index (χ0) is 21.8. The Kier molecular flexibility index (Phi) is 6.48. The van der Waals surface area contributed by atoms with Crippen LogP contribution in [0.4, 0.5) is 5.00 Å². The molecule has 3 aromatic rings. The molecule has 0 fully saturated rings. The fourth-order valence-corrected chi connectivity index (χ4v) is 5.61. The second-order valence-electron chi connectivity index (χ2n) is 7.35. The SMILES string of the molecule is NC(=O)Cc1ccc(OCC(=O)Nc2sc3c(c2C(=O)c2cccs2)CCCC3)cc1. The molecule has 1 aliphatic rings. The second kappa shape index (κ2) is 9.45. The van der Waals surface area contributed by atoms with Gasteiger partial charge in [-0.05, 0) is 60.4 Å². The highest BCUT2D eigenvalue weighted by Crippen LogP contribution is 2.39. The smallest absolute Gasteiger partial charge is 0.262 e. The van der Waals surface area contributed by atoms with E-state index in [0.29, 0.717) is 21.2 Å². The van der Waals surface area contributed by atoms with Crippen LogP contribution in [0, 0.1) is 0 Å². The first-order chi connectivity index (χ1) is 15.0. The van der Waals surface area contributed by atoms with Gasteiger partial charge in [-0.25, -0.2) is 0 Å². The van der Waals surface area contributed by atoms with Crippen LogP contribution in [-0.2, 0) is 28.9 Å². The van der Waals surface area contributed by atoms with Crippen LogP contribution in [0.25, 0.3) is 0 Å². The maximum absolute atomic E-state index is 13.1. The number of anilines is 1. The van der Waals surface area contributed by atoms with E-state index in [1.165, 1.54) is 27.6 Å². The van der Waals surface area contributed by atoms with Gasteiger partial charge in [0, 0.05) is 4.88 Å². The third-order valence-corrected chi connectivity index (χ3v) is 7.14. The van der Waals surface area contributed by atoms with Gasteiger partial charge in [-0.3, -0.25) is 14.4 Å². The van der Waals surface area contributed by atoms with Crippen LogP contribution >= 0.6 is 22.7 Å². The number of nitrogens with one attached hydrogen (secondary N) is 1. The van der Waals surface area contributed by atoms with E-state index in [0.717, 1.165) is 36.8 Å². The van der Waals surface area contributed by atoms with E-state index < -0.39 is 5.91 Å².